The highest BCUT2D eigenvalue weighted by Crippen LogP contribution is 2.60. The van der Waals surface area contributed by atoms with E-state index in [4.69, 9.17) is 0 Å². The molecule has 0 unspecified atom stereocenters. The molecule has 1 heterocycles. The van der Waals surface area contributed by atoms with Gasteiger partial charge in [-0.05, 0) is 110 Å². The Labute approximate surface area is 194 Å². The van der Waals surface area contributed by atoms with Crippen molar-refractivity contribution in [3.8, 4) is 0 Å². The molecule has 4 fully saturated rings. The van der Waals surface area contributed by atoms with Crippen LogP contribution in [-0.4, -0.2) is 16.1 Å². The van der Waals surface area contributed by atoms with Crippen LogP contribution in [0.4, 0.5) is 22.9 Å². The van der Waals surface area contributed by atoms with E-state index in [-0.39, 0.29) is 5.56 Å². The molecule has 2 aromatic carbocycles. The summed E-state index contributed by atoms with van der Waals surface area (Å²) in [4.78, 5) is 15.7. The van der Waals surface area contributed by atoms with Crippen LogP contribution in [0.25, 0.3) is 0 Å². The number of nitrogens with one attached hydrogen (secondary N) is 2. The first-order valence-corrected chi connectivity index (χ1v) is 12.0. The molecule has 0 saturated heterocycles. The maximum Gasteiger partial charge on any atom is 0.339 e. The molecule has 0 aliphatic heterocycles. The summed E-state index contributed by atoms with van der Waals surface area (Å²) in [5.41, 5.74) is 4.88. The second-order valence-electron chi connectivity index (χ2n) is 10.3. The van der Waals surface area contributed by atoms with Crippen molar-refractivity contribution in [1.29, 1.82) is 0 Å². The average molecular weight is 440 g/mol. The summed E-state index contributed by atoms with van der Waals surface area (Å²) in [6.45, 7) is 0. The lowest BCUT2D eigenvalue weighted by atomic mass is 9.48. The van der Waals surface area contributed by atoms with Gasteiger partial charge < -0.3 is 15.7 Å². The number of carboxylic acid groups (broad SMARTS) is 1. The van der Waals surface area contributed by atoms with Gasteiger partial charge in [0.05, 0.1) is 0 Å². The van der Waals surface area contributed by atoms with E-state index in [1.54, 1.807) is 18.3 Å². The van der Waals surface area contributed by atoms with Crippen molar-refractivity contribution in [1.82, 2.24) is 4.98 Å². The van der Waals surface area contributed by atoms with Crippen molar-refractivity contribution in [2.45, 2.75) is 43.9 Å². The molecule has 4 aliphatic rings. The van der Waals surface area contributed by atoms with Crippen LogP contribution in [0, 0.1) is 17.8 Å². The molecule has 1 aromatic heterocycles. The van der Waals surface area contributed by atoms with Crippen LogP contribution < -0.4 is 10.6 Å². The third-order valence-electron chi connectivity index (χ3n) is 7.97. The van der Waals surface area contributed by atoms with Gasteiger partial charge in [0.25, 0.3) is 0 Å². The van der Waals surface area contributed by atoms with Gasteiger partial charge in [-0.25, -0.2) is 9.78 Å². The number of hydrogen-bond acceptors (Lipinski definition) is 4. The minimum Gasteiger partial charge on any atom is -0.478 e. The van der Waals surface area contributed by atoms with Crippen LogP contribution in [0.5, 0.6) is 0 Å². The maximum absolute atomic E-state index is 11.5. The number of benzene rings is 2. The average Bonchev–Trinajstić information content (AvgIpc) is 2.79. The van der Waals surface area contributed by atoms with Crippen molar-refractivity contribution in [2.75, 3.05) is 10.6 Å². The summed E-state index contributed by atoms with van der Waals surface area (Å²) in [6.07, 6.45) is 10.0. The quantitative estimate of drug-likeness (QED) is 0.397. The number of rotatable bonds is 6. The van der Waals surface area contributed by atoms with Gasteiger partial charge in [0.2, 0.25) is 0 Å². The Balaban J connectivity index is 1.23. The molecule has 4 bridgehead atoms. The number of aromatic carboxylic acids is 1. The molecule has 0 spiro atoms. The van der Waals surface area contributed by atoms with Crippen LogP contribution in [0.15, 0.2) is 66.9 Å². The Bertz CT molecular complexity index is 1170. The molecule has 0 atom stereocenters. The van der Waals surface area contributed by atoms with Gasteiger partial charge >= 0.3 is 5.97 Å². The first-order valence-electron chi connectivity index (χ1n) is 12.0. The zero-order valence-electron chi connectivity index (χ0n) is 18.6. The molecular formula is C28H29N3O2. The Hall–Kier alpha value is -3.34. The second-order valence-corrected chi connectivity index (χ2v) is 10.3. The van der Waals surface area contributed by atoms with E-state index in [0.29, 0.717) is 11.2 Å². The fourth-order valence-corrected chi connectivity index (χ4v) is 7.05. The van der Waals surface area contributed by atoms with Crippen molar-refractivity contribution >= 4 is 28.8 Å². The normalized spacial score (nSPS) is 27.3. The van der Waals surface area contributed by atoms with Crippen molar-refractivity contribution in [3.63, 3.8) is 0 Å². The molecule has 4 saturated carbocycles. The summed E-state index contributed by atoms with van der Waals surface area (Å²) in [5.74, 6) is 2.13. The Kier molecular flexibility index (Phi) is 4.86. The molecule has 0 amide bonds. The van der Waals surface area contributed by atoms with Gasteiger partial charge in [-0.15, -0.1) is 0 Å². The Morgan fingerprint density at radius 3 is 2.09 bits per heavy atom. The van der Waals surface area contributed by atoms with Gasteiger partial charge in [-0.3, -0.25) is 0 Å². The van der Waals surface area contributed by atoms with Crippen LogP contribution in [0.1, 0.15) is 54.4 Å². The smallest absolute Gasteiger partial charge is 0.339 e. The summed E-state index contributed by atoms with van der Waals surface area (Å²) in [5, 5.41) is 16.1. The van der Waals surface area contributed by atoms with Crippen molar-refractivity contribution in [3.05, 3.63) is 78.0 Å². The molecular weight excluding hydrogens is 410 g/mol. The highest BCUT2D eigenvalue weighted by atomic mass is 16.4. The summed E-state index contributed by atoms with van der Waals surface area (Å²) < 4.78 is 0. The van der Waals surface area contributed by atoms with E-state index in [2.05, 4.69) is 39.9 Å². The summed E-state index contributed by atoms with van der Waals surface area (Å²) in [7, 11) is 0. The van der Waals surface area contributed by atoms with Gasteiger partial charge in [-0.1, -0.05) is 18.2 Å². The Morgan fingerprint density at radius 1 is 0.818 bits per heavy atom. The van der Waals surface area contributed by atoms with Gasteiger partial charge in [0.1, 0.15) is 11.4 Å². The van der Waals surface area contributed by atoms with E-state index in [1.807, 2.05) is 24.3 Å². The predicted octanol–water partition coefficient (Wildman–Crippen LogP) is 6.73. The van der Waals surface area contributed by atoms with E-state index < -0.39 is 5.97 Å². The highest BCUT2D eigenvalue weighted by Gasteiger charge is 2.51. The van der Waals surface area contributed by atoms with E-state index >= 15 is 0 Å². The first kappa shape index (κ1) is 20.3. The van der Waals surface area contributed by atoms with E-state index in [9.17, 15) is 9.90 Å². The van der Waals surface area contributed by atoms with Crippen LogP contribution >= 0.6 is 0 Å². The molecule has 3 N–H and O–H groups in total. The van der Waals surface area contributed by atoms with Gasteiger partial charge in [0.15, 0.2) is 0 Å². The number of aromatic nitrogens is 1. The number of carboxylic acids is 1. The minimum absolute atomic E-state index is 0.152. The van der Waals surface area contributed by atoms with Crippen LogP contribution in [0.3, 0.4) is 0 Å². The number of pyridine rings is 1. The van der Waals surface area contributed by atoms with E-state index in [1.165, 1.54) is 44.1 Å². The van der Waals surface area contributed by atoms with Gasteiger partial charge in [0, 0.05) is 23.3 Å². The fourth-order valence-electron chi connectivity index (χ4n) is 7.05. The van der Waals surface area contributed by atoms with Crippen molar-refractivity contribution in [2.24, 2.45) is 17.8 Å². The van der Waals surface area contributed by atoms with Gasteiger partial charge in [-0.2, -0.15) is 0 Å². The molecule has 5 nitrogen and oxygen atoms in total. The lowest BCUT2D eigenvalue weighted by Gasteiger charge is -2.57. The third-order valence-corrected chi connectivity index (χ3v) is 7.97. The molecule has 168 valence electrons. The SMILES string of the molecule is O=C(O)c1cccnc1Nc1cccc(Nc2cccc(C34CC5CC(CC(C5)C3)C4)c2)c1. The largest absolute Gasteiger partial charge is 0.478 e. The number of nitrogens with zero attached hydrogens (tertiary/aromatic N) is 1. The highest BCUT2D eigenvalue weighted by molar-refractivity contribution is 5.94. The minimum atomic E-state index is -0.999. The monoisotopic (exact) mass is 439 g/mol. The summed E-state index contributed by atoms with van der Waals surface area (Å²) in [6, 6.07) is 20.1. The van der Waals surface area contributed by atoms with E-state index in [0.717, 1.165) is 34.8 Å². The number of anilines is 4. The standard InChI is InChI=1S/C28H29N3O2/c32-27(33)25-8-3-9-29-26(25)31-24-7-2-6-23(14-24)30-22-5-1-4-21(13-22)28-15-18-10-19(16-28)12-20(11-18)17-28/h1-9,13-14,18-20,30H,10-12,15-17H2,(H,29,31)(H,32,33). The predicted molar refractivity (Wildman–Crippen MR) is 130 cm³/mol. The lowest BCUT2D eigenvalue weighted by Crippen LogP contribution is -2.48. The topological polar surface area (TPSA) is 74.2 Å². The molecule has 3 aromatic rings. The number of hydrogen-bond donors (Lipinski definition) is 3. The molecule has 33 heavy (non-hydrogen) atoms. The van der Waals surface area contributed by atoms with Crippen molar-refractivity contribution < 1.29 is 9.90 Å². The third kappa shape index (κ3) is 3.86. The lowest BCUT2D eigenvalue weighted by molar-refractivity contribution is -0.00516. The first-order chi connectivity index (χ1) is 16.1. The second kappa shape index (κ2) is 7.91. The molecule has 7 rings (SSSR count). The fraction of sp³-hybridized carbons (Fsp3) is 0.357. The molecule has 0 radical (unpaired) electrons. The molecule has 5 heteroatoms. The zero-order chi connectivity index (χ0) is 22.4. The zero-order valence-corrected chi connectivity index (χ0v) is 18.6. The maximum atomic E-state index is 11.5. The number of carbonyl (C=O) groups is 1. The molecule has 4 aliphatic carbocycles. The Morgan fingerprint density at radius 2 is 1.42 bits per heavy atom. The van der Waals surface area contributed by atoms with Crippen LogP contribution in [0.2, 0.25) is 0 Å². The summed E-state index contributed by atoms with van der Waals surface area (Å²) >= 11 is 0. The van der Waals surface area contributed by atoms with Crippen LogP contribution in [-0.2, 0) is 5.41 Å².